The molecule has 0 radical (unpaired) electrons. The van der Waals surface area contributed by atoms with Gasteiger partial charge in [0.1, 0.15) is 5.54 Å². The van der Waals surface area contributed by atoms with Crippen LogP contribution in [0.2, 0.25) is 0 Å². The fourth-order valence-corrected chi connectivity index (χ4v) is 6.23. The Balaban J connectivity index is 1.64. The van der Waals surface area contributed by atoms with E-state index in [0.29, 0.717) is 19.6 Å². The van der Waals surface area contributed by atoms with Crippen LogP contribution in [-0.2, 0) is 31.1 Å². The summed E-state index contributed by atoms with van der Waals surface area (Å²) in [6, 6.07) is 5.90. The maximum atomic E-state index is 13.6. The van der Waals surface area contributed by atoms with Crippen LogP contribution in [0.5, 0.6) is 0 Å². The lowest BCUT2D eigenvalue weighted by Crippen LogP contribution is -2.54. The second-order valence-electron chi connectivity index (χ2n) is 8.49. The topological polar surface area (TPSA) is 79.0 Å². The van der Waals surface area contributed by atoms with Gasteiger partial charge in [-0.1, -0.05) is 25.1 Å². The Hall–Kier alpha value is -2.25. The minimum Gasteiger partial charge on any atom is -0.385 e. The van der Waals surface area contributed by atoms with E-state index in [0.717, 1.165) is 42.6 Å². The molecule has 5 rings (SSSR count). The number of methoxy groups -OCH3 is 1. The number of imide groups is 1. The van der Waals surface area contributed by atoms with E-state index in [-0.39, 0.29) is 23.8 Å². The van der Waals surface area contributed by atoms with Crippen molar-refractivity contribution >= 4 is 23.4 Å². The number of rotatable bonds is 5. The number of fused-ring (bicyclic) bond motifs is 7. The van der Waals surface area contributed by atoms with Crippen molar-refractivity contribution in [2.75, 3.05) is 32.1 Å². The lowest BCUT2D eigenvalue weighted by Gasteiger charge is -2.36. The summed E-state index contributed by atoms with van der Waals surface area (Å²) < 4.78 is 5.10. The van der Waals surface area contributed by atoms with E-state index in [4.69, 9.17) is 4.74 Å². The van der Waals surface area contributed by atoms with Crippen LogP contribution in [0.25, 0.3) is 0 Å². The van der Waals surface area contributed by atoms with Crippen LogP contribution >= 0.6 is 0 Å². The monoisotopic (exact) mass is 397 g/mol. The van der Waals surface area contributed by atoms with E-state index in [2.05, 4.69) is 17.1 Å². The summed E-state index contributed by atoms with van der Waals surface area (Å²) in [5.41, 5.74) is 1.72. The summed E-state index contributed by atoms with van der Waals surface area (Å²) in [5.74, 6) is -1.54. The molecule has 7 nitrogen and oxygen atoms in total. The maximum absolute atomic E-state index is 13.6. The Morgan fingerprint density at radius 2 is 2.07 bits per heavy atom. The second kappa shape index (κ2) is 6.64. The molecule has 154 valence electrons. The largest absolute Gasteiger partial charge is 0.385 e. The summed E-state index contributed by atoms with van der Waals surface area (Å²) in [5, 5.41) is 3.09. The molecule has 2 unspecified atom stereocenters. The van der Waals surface area contributed by atoms with Gasteiger partial charge in [0.05, 0.1) is 11.8 Å². The highest BCUT2D eigenvalue weighted by Gasteiger charge is 2.74. The first-order valence-electron chi connectivity index (χ1n) is 10.6. The molecule has 0 aromatic heterocycles. The number of amides is 3. The van der Waals surface area contributed by atoms with Crippen molar-refractivity contribution in [2.24, 2.45) is 11.8 Å². The standard InChI is InChI=1S/C22H27N3O4/c1-3-13-7-4-8-14-18(13)23-21(28)22(14)17-16(15-9-5-11-25(15)22)19(26)24(20(17)27)10-6-12-29-2/h4,7-8,15-17H,3,5-6,9-12H2,1-2H3,(H,23,28)/t15?,16-,17+,22?/m1/s1. The van der Waals surface area contributed by atoms with Crippen molar-refractivity contribution in [3.8, 4) is 0 Å². The quantitative estimate of drug-likeness (QED) is 0.602. The van der Waals surface area contributed by atoms with Gasteiger partial charge >= 0.3 is 0 Å². The molecule has 29 heavy (non-hydrogen) atoms. The fourth-order valence-electron chi connectivity index (χ4n) is 6.23. The Bertz CT molecular complexity index is 900. The Kier molecular flexibility index (Phi) is 4.29. The van der Waals surface area contributed by atoms with Gasteiger partial charge in [0.2, 0.25) is 17.7 Å². The third-order valence-electron chi connectivity index (χ3n) is 7.32. The molecule has 4 atom stereocenters. The SMILES string of the molecule is CCc1cccc2c1NC(=O)C21[C@@H]2C(=O)N(CCCOC)C(=O)[C@@H]2C2CCCN21. The predicted molar refractivity (Wildman–Crippen MR) is 106 cm³/mol. The third kappa shape index (κ3) is 2.23. The Morgan fingerprint density at radius 3 is 2.83 bits per heavy atom. The van der Waals surface area contributed by atoms with Crippen LogP contribution in [0, 0.1) is 11.8 Å². The minimum atomic E-state index is -1.06. The Morgan fingerprint density at radius 1 is 1.24 bits per heavy atom. The first kappa shape index (κ1) is 18.8. The number of aryl methyl sites for hydroxylation is 1. The zero-order valence-electron chi connectivity index (χ0n) is 16.9. The van der Waals surface area contributed by atoms with E-state index in [9.17, 15) is 14.4 Å². The molecular formula is C22H27N3O4. The van der Waals surface area contributed by atoms with Crippen molar-refractivity contribution in [3.63, 3.8) is 0 Å². The van der Waals surface area contributed by atoms with Gasteiger partial charge in [0.25, 0.3) is 0 Å². The van der Waals surface area contributed by atoms with Crippen molar-refractivity contribution in [2.45, 2.75) is 44.2 Å². The average Bonchev–Trinajstić information content (AvgIpc) is 3.42. The molecule has 1 aromatic carbocycles. The number of hydrogen-bond donors (Lipinski definition) is 1. The molecule has 0 aliphatic carbocycles. The zero-order chi connectivity index (χ0) is 20.3. The lowest BCUT2D eigenvalue weighted by atomic mass is 9.75. The van der Waals surface area contributed by atoms with Gasteiger partial charge in [-0.3, -0.25) is 24.2 Å². The van der Waals surface area contributed by atoms with Gasteiger partial charge in [-0.05, 0) is 37.8 Å². The molecule has 3 amide bonds. The highest BCUT2D eigenvalue weighted by Crippen LogP contribution is 2.60. The van der Waals surface area contributed by atoms with Crippen LogP contribution in [0.3, 0.4) is 0 Å². The van der Waals surface area contributed by atoms with Crippen molar-refractivity contribution in [3.05, 3.63) is 29.3 Å². The summed E-state index contributed by atoms with van der Waals surface area (Å²) in [4.78, 5) is 44.0. The number of hydrogen-bond acceptors (Lipinski definition) is 5. The summed E-state index contributed by atoms with van der Waals surface area (Å²) in [6.07, 6.45) is 3.20. The molecule has 7 heteroatoms. The zero-order valence-corrected chi connectivity index (χ0v) is 16.9. The number of benzene rings is 1. The van der Waals surface area contributed by atoms with E-state index in [1.165, 1.54) is 4.90 Å². The van der Waals surface area contributed by atoms with E-state index >= 15 is 0 Å². The molecule has 4 aliphatic rings. The fraction of sp³-hybridized carbons (Fsp3) is 0.591. The highest BCUT2D eigenvalue weighted by molar-refractivity contribution is 6.15. The van der Waals surface area contributed by atoms with Gasteiger partial charge in [0, 0.05) is 37.6 Å². The molecule has 4 heterocycles. The van der Waals surface area contributed by atoms with Gasteiger partial charge in [-0.15, -0.1) is 0 Å². The van der Waals surface area contributed by atoms with Crippen LogP contribution in [0.1, 0.15) is 37.3 Å². The van der Waals surface area contributed by atoms with Gasteiger partial charge in [-0.2, -0.15) is 0 Å². The van der Waals surface area contributed by atoms with Crippen LogP contribution in [0.15, 0.2) is 18.2 Å². The molecule has 3 fully saturated rings. The number of anilines is 1. The van der Waals surface area contributed by atoms with Crippen molar-refractivity contribution < 1.29 is 19.1 Å². The molecule has 1 aromatic rings. The van der Waals surface area contributed by atoms with E-state index < -0.39 is 17.4 Å². The van der Waals surface area contributed by atoms with Crippen LogP contribution < -0.4 is 5.32 Å². The summed E-state index contributed by atoms with van der Waals surface area (Å²) in [6.45, 7) is 3.65. The van der Waals surface area contributed by atoms with Crippen LogP contribution in [0.4, 0.5) is 5.69 Å². The summed E-state index contributed by atoms with van der Waals surface area (Å²) in [7, 11) is 1.61. The van der Waals surface area contributed by atoms with Crippen molar-refractivity contribution in [1.29, 1.82) is 0 Å². The molecule has 1 N–H and O–H groups in total. The normalized spacial score (nSPS) is 32.8. The Labute approximate surface area is 170 Å². The second-order valence-corrected chi connectivity index (χ2v) is 8.49. The molecule has 3 saturated heterocycles. The molecule has 0 bridgehead atoms. The number of likely N-dealkylation sites (tertiary alicyclic amines) is 1. The highest BCUT2D eigenvalue weighted by atomic mass is 16.5. The summed E-state index contributed by atoms with van der Waals surface area (Å²) >= 11 is 0. The number of nitrogens with one attached hydrogen (secondary N) is 1. The smallest absolute Gasteiger partial charge is 0.250 e. The van der Waals surface area contributed by atoms with Gasteiger partial charge in [-0.25, -0.2) is 0 Å². The molecular weight excluding hydrogens is 370 g/mol. The van der Waals surface area contributed by atoms with E-state index in [1.54, 1.807) is 7.11 Å². The number of nitrogens with zero attached hydrogens (tertiary/aromatic N) is 2. The van der Waals surface area contributed by atoms with Crippen molar-refractivity contribution in [1.82, 2.24) is 9.80 Å². The third-order valence-corrected chi connectivity index (χ3v) is 7.32. The van der Waals surface area contributed by atoms with Gasteiger partial charge < -0.3 is 10.1 Å². The maximum Gasteiger partial charge on any atom is 0.250 e. The van der Waals surface area contributed by atoms with Gasteiger partial charge in [0.15, 0.2) is 0 Å². The first-order chi connectivity index (χ1) is 14.1. The minimum absolute atomic E-state index is 0.0501. The van der Waals surface area contributed by atoms with E-state index in [1.807, 2.05) is 18.2 Å². The number of ether oxygens (including phenoxy) is 1. The first-order valence-corrected chi connectivity index (χ1v) is 10.6. The molecule has 4 aliphatic heterocycles. The predicted octanol–water partition coefficient (Wildman–Crippen LogP) is 1.51. The number of carbonyl (C=O) groups is 3. The number of para-hydroxylation sites is 1. The van der Waals surface area contributed by atoms with Crippen LogP contribution in [-0.4, -0.2) is 60.4 Å². The average molecular weight is 397 g/mol. The lowest BCUT2D eigenvalue weighted by molar-refractivity contribution is -0.145. The molecule has 0 saturated carbocycles. The molecule has 1 spiro atoms. The number of carbonyl (C=O) groups excluding carboxylic acids is 3.